The first kappa shape index (κ1) is 14.3. The van der Waals surface area contributed by atoms with Gasteiger partial charge in [0.2, 0.25) is 5.82 Å². The second-order valence-corrected chi connectivity index (χ2v) is 4.40. The predicted molar refractivity (Wildman–Crippen MR) is 74.8 cm³/mol. The molecule has 0 amide bonds. The van der Waals surface area contributed by atoms with E-state index in [9.17, 15) is 10.1 Å². The maximum absolute atomic E-state index is 11.1. The molecule has 1 aromatic heterocycles. The Morgan fingerprint density at radius 2 is 2.10 bits per heavy atom. The molecule has 0 aliphatic rings. The van der Waals surface area contributed by atoms with Gasteiger partial charge in [-0.1, -0.05) is 23.2 Å². The Hall–Kier alpha value is -2.12. The quantitative estimate of drug-likeness (QED) is 0.685. The number of nitro groups is 1. The summed E-state index contributed by atoms with van der Waals surface area (Å²) in [5.41, 5.74) is -0.383. The van der Waals surface area contributed by atoms with Crippen molar-refractivity contribution < 1.29 is 9.66 Å². The first-order valence-corrected chi connectivity index (χ1v) is 6.08. The van der Waals surface area contributed by atoms with Crippen LogP contribution in [0, 0.1) is 10.1 Å². The number of hydrogen-bond donors (Lipinski definition) is 1. The maximum Gasteiger partial charge on any atom is 0.373 e. The summed E-state index contributed by atoms with van der Waals surface area (Å²) in [6.07, 6.45) is 1.15. The molecule has 20 heavy (non-hydrogen) atoms. The minimum absolute atomic E-state index is 0.0400. The number of aromatic nitrogens is 2. The lowest BCUT2D eigenvalue weighted by Gasteiger charge is -2.08. The van der Waals surface area contributed by atoms with Crippen LogP contribution in [0.5, 0.6) is 11.6 Å². The van der Waals surface area contributed by atoms with Gasteiger partial charge in [0.05, 0.1) is 9.95 Å². The lowest BCUT2D eigenvalue weighted by Crippen LogP contribution is -2.03. The number of nitrogens with zero attached hydrogens (tertiary/aromatic N) is 3. The zero-order valence-electron chi connectivity index (χ0n) is 10.1. The summed E-state index contributed by atoms with van der Waals surface area (Å²) in [4.78, 5) is 18.0. The highest BCUT2D eigenvalue weighted by Crippen LogP contribution is 2.37. The van der Waals surface area contributed by atoms with Crippen molar-refractivity contribution in [3.05, 3.63) is 44.7 Å². The fourth-order valence-corrected chi connectivity index (χ4v) is 1.76. The minimum Gasteiger partial charge on any atom is -0.432 e. The van der Waals surface area contributed by atoms with Crippen molar-refractivity contribution in [2.24, 2.45) is 0 Å². The number of rotatable bonds is 4. The van der Waals surface area contributed by atoms with E-state index in [4.69, 9.17) is 27.9 Å². The third-order valence-corrected chi connectivity index (χ3v) is 2.86. The summed E-state index contributed by atoms with van der Waals surface area (Å²) in [6, 6.07) is 4.53. The summed E-state index contributed by atoms with van der Waals surface area (Å²) in [5.74, 6) is -0.0142. The normalized spacial score (nSPS) is 10.2. The van der Waals surface area contributed by atoms with Crippen LogP contribution in [0.1, 0.15) is 0 Å². The Balaban J connectivity index is 2.48. The van der Waals surface area contributed by atoms with Gasteiger partial charge in [-0.2, -0.15) is 4.98 Å². The molecule has 104 valence electrons. The third-order valence-electron chi connectivity index (χ3n) is 2.31. The number of anilines is 1. The zero-order valence-corrected chi connectivity index (χ0v) is 11.6. The first-order valence-electron chi connectivity index (χ1n) is 5.33. The van der Waals surface area contributed by atoms with E-state index >= 15 is 0 Å². The molecule has 1 aromatic carbocycles. The molecule has 0 saturated heterocycles. The molecule has 0 unspecified atom stereocenters. The van der Waals surface area contributed by atoms with E-state index in [1.165, 1.54) is 19.2 Å². The smallest absolute Gasteiger partial charge is 0.373 e. The van der Waals surface area contributed by atoms with Crippen molar-refractivity contribution >= 4 is 34.7 Å². The monoisotopic (exact) mass is 314 g/mol. The van der Waals surface area contributed by atoms with Crippen LogP contribution in [0.3, 0.4) is 0 Å². The van der Waals surface area contributed by atoms with Gasteiger partial charge >= 0.3 is 11.6 Å². The van der Waals surface area contributed by atoms with Crippen LogP contribution in [-0.4, -0.2) is 21.9 Å². The van der Waals surface area contributed by atoms with E-state index in [0.717, 1.165) is 6.33 Å². The molecule has 0 fully saturated rings. The van der Waals surface area contributed by atoms with Gasteiger partial charge in [-0.05, 0) is 12.1 Å². The van der Waals surface area contributed by atoms with Crippen molar-refractivity contribution in [2.75, 3.05) is 12.4 Å². The molecule has 0 spiro atoms. The molecule has 7 nitrogen and oxygen atoms in total. The van der Waals surface area contributed by atoms with E-state index in [0.29, 0.717) is 5.02 Å². The Bertz CT molecular complexity index is 666. The van der Waals surface area contributed by atoms with Crippen LogP contribution in [0.2, 0.25) is 10.0 Å². The summed E-state index contributed by atoms with van der Waals surface area (Å²) in [5, 5.41) is 14.3. The number of halogens is 2. The molecule has 0 saturated carbocycles. The summed E-state index contributed by atoms with van der Waals surface area (Å²) in [7, 11) is 1.51. The highest BCUT2D eigenvalue weighted by Gasteiger charge is 2.24. The number of benzene rings is 1. The topological polar surface area (TPSA) is 90.2 Å². The lowest BCUT2D eigenvalue weighted by molar-refractivity contribution is -0.385. The van der Waals surface area contributed by atoms with Crippen LogP contribution >= 0.6 is 23.2 Å². The Labute approximate surface area is 123 Å². The van der Waals surface area contributed by atoms with Gasteiger partial charge in [-0.25, -0.2) is 4.98 Å². The van der Waals surface area contributed by atoms with E-state index in [2.05, 4.69) is 15.3 Å². The first-order chi connectivity index (χ1) is 9.52. The summed E-state index contributed by atoms with van der Waals surface area (Å²) < 4.78 is 5.38. The third kappa shape index (κ3) is 2.89. The average molecular weight is 315 g/mol. The van der Waals surface area contributed by atoms with Gasteiger partial charge in [0.1, 0.15) is 12.1 Å². The van der Waals surface area contributed by atoms with Gasteiger partial charge in [0.25, 0.3) is 0 Å². The fraction of sp³-hybridized carbons (Fsp3) is 0.0909. The van der Waals surface area contributed by atoms with E-state index in [1.54, 1.807) is 6.07 Å². The standard InChI is InChI=1S/C11H8Cl2N4O3/c1-14-10-9(17(18)19)11(16-5-15-10)20-8-4-6(12)2-3-7(8)13/h2-5H,1H3,(H,14,15,16). The van der Waals surface area contributed by atoms with Crippen LogP contribution < -0.4 is 10.1 Å². The van der Waals surface area contributed by atoms with Gasteiger partial charge in [0, 0.05) is 18.1 Å². The van der Waals surface area contributed by atoms with Crippen molar-refractivity contribution in [3.63, 3.8) is 0 Å². The molecule has 2 rings (SSSR count). The van der Waals surface area contributed by atoms with Gasteiger partial charge in [0.15, 0.2) is 0 Å². The SMILES string of the molecule is CNc1ncnc(Oc2cc(Cl)ccc2Cl)c1[N+](=O)[O-]. The summed E-state index contributed by atoms with van der Waals surface area (Å²) >= 11 is 11.8. The highest BCUT2D eigenvalue weighted by atomic mass is 35.5. The van der Waals surface area contributed by atoms with Crippen LogP contribution in [0.4, 0.5) is 11.5 Å². The second kappa shape index (κ2) is 5.89. The molecular weight excluding hydrogens is 307 g/mol. The zero-order chi connectivity index (χ0) is 14.7. The van der Waals surface area contributed by atoms with Gasteiger partial charge < -0.3 is 10.1 Å². The van der Waals surface area contributed by atoms with Crippen LogP contribution in [0.25, 0.3) is 0 Å². The molecule has 0 aliphatic heterocycles. The molecular formula is C11H8Cl2N4O3. The molecule has 2 aromatic rings. The average Bonchev–Trinajstić information content (AvgIpc) is 2.42. The molecule has 0 atom stereocenters. The van der Waals surface area contributed by atoms with Crippen LogP contribution in [-0.2, 0) is 0 Å². The summed E-state index contributed by atoms with van der Waals surface area (Å²) in [6.45, 7) is 0. The molecule has 9 heteroatoms. The Morgan fingerprint density at radius 1 is 1.35 bits per heavy atom. The highest BCUT2D eigenvalue weighted by molar-refractivity contribution is 6.34. The van der Waals surface area contributed by atoms with Gasteiger partial charge in [-0.15, -0.1) is 0 Å². The van der Waals surface area contributed by atoms with E-state index in [-0.39, 0.29) is 28.2 Å². The maximum atomic E-state index is 11.1. The number of ether oxygens (including phenoxy) is 1. The van der Waals surface area contributed by atoms with E-state index < -0.39 is 4.92 Å². The Kier molecular flexibility index (Phi) is 4.21. The molecule has 0 bridgehead atoms. The molecule has 0 aliphatic carbocycles. The minimum atomic E-state index is -0.639. The molecule has 1 heterocycles. The number of hydrogen-bond acceptors (Lipinski definition) is 6. The largest absolute Gasteiger partial charge is 0.432 e. The lowest BCUT2D eigenvalue weighted by atomic mass is 10.3. The second-order valence-electron chi connectivity index (χ2n) is 3.56. The van der Waals surface area contributed by atoms with Gasteiger partial charge in [-0.3, -0.25) is 10.1 Å². The number of nitrogens with one attached hydrogen (secondary N) is 1. The predicted octanol–water partition coefficient (Wildman–Crippen LogP) is 3.53. The fourth-order valence-electron chi connectivity index (χ4n) is 1.44. The Morgan fingerprint density at radius 3 is 2.75 bits per heavy atom. The van der Waals surface area contributed by atoms with Crippen molar-refractivity contribution in [3.8, 4) is 11.6 Å². The van der Waals surface area contributed by atoms with Crippen molar-refractivity contribution in [2.45, 2.75) is 0 Å². The van der Waals surface area contributed by atoms with E-state index in [1.807, 2.05) is 0 Å². The van der Waals surface area contributed by atoms with Crippen molar-refractivity contribution in [1.82, 2.24) is 9.97 Å². The molecule has 1 N–H and O–H groups in total. The van der Waals surface area contributed by atoms with Crippen molar-refractivity contribution in [1.29, 1.82) is 0 Å². The van der Waals surface area contributed by atoms with Crippen LogP contribution in [0.15, 0.2) is 24.5 Å². The molecule has 0 radical (unpaired) electrons.